The number of guanidine groups is 1. The van der Waals surface area contributed by atoms with E-state index in [-0.39, 0.29) is 6.10 Å². The van der Waals surface area contributed by atoms with Gasteiger partial charge in [0, 0.05) is 25.6 Å². The van der Waals surface area contributed by atoms with Crippen molar-refractivity contribution < 1.29 is 14.6 Å². The maximum atomic E-state index is 9.59. The average Bonchev–Trinajstić information content (AvgIpc) is 2.64. The Hall–Kier alpha value is -1.95. The Morgan fingerprint density at radius 2 is 1.84 bits per heavy atom. The molecule has 1 aliphatic carbocycles. The molecule has 0 radical (unpaired) electrons. The number of nitrogens with one attached hydrogen (secondary N) is 2. The van der Waals surface area contributed by atoms with Crippen LogP contribution in [0.2, 0.25) is 0 Å². The van der Waals surface area contributed by atoms with Gasteiger partial charge in [-0.05, 0) is 56.9 Å². The summed E-state index contributed by atoms with van der Waals surface area (Å²) in [5.41, 5.74) is 0. The predicted molar refractivity (Wildman–Crippen MR) is 100 cm³/mol. The van der Waals surface area contributed by atoms with E-state index in [0.717, 1.165) is 56.1 Å². The zero-order valence-electron chi connectivity index (χ0n) is 15.3. The number of ether oxygens (including phenoxy) is 2. The zero-order valence-corrected chi connectivity index (χ0v) is 15.3. The minimum Gasteiger partial charge on any atom is -0.497 e. The van der Waals surface area contributed by atoms with Crippen LogP contribution in [0.5, 0.6) is 11.5 Å². The van der Waals surface area contributed by atoms with E-state index in [1.165, 1.54) is 0 Å². The number of aliphatic hydroxyl groups is 1. The third-order valence-electron chi connectivity index (χ3n) is 4.28. The van der Waals surface area contributed by atoms with Crippen molar-refractivity contribution in [2.75, 3.05) is 26.8 Å². The van der Waals surface area contributed by atoms with Crippen LogP contribution in [0.1, 0.15) is 39.0 Å². The molecule has 6 nitrogen and oxygen atoms in total. The van der Waals surface area contributed by atoms with Crippen molar-refractivity contribution in [3.8, 4) is 11.5 Å². The Kier molecular flexibility index (Phi) is 8.39. The molecule has 0 bridgehead atoms. The van der Waals surface area contributed by atoms with Gasteiger partial charge in [0.15, 0.2) is 5.96 Å². The highest BCUT2D eigenvalue weighted by atomic mass is 16.5. The largest absolute Gasteiger partial charge is 0.497 e. The molecular weight excluding hydrogens is 318 g/mol. The van der Waals surface area contributed by atoms with Gasteiger partial charge >= 0.3 is 0 Å². The zero-order chi connectivity index (χ0) is 17.9. The van der Waals surface area contributed by atoms with Gasteiger partial charge in [-0.1, -0.05) is 0 Å². The highest BCUT2D eigenvalue weighted by Crippen LogP contribution is 2.18. The second kappa shape index (κ2) is 10.8. The third-order valence-corrected chi connectivity index (χ3v) is 4.28. The first-order valence-corrected chi connectivity index (χ1v) is 9.21. The van der Waals surface area contributed by atoms with Crippen molar-refractivity contribution in [1.29, 1.82) is 0 Å². The Morgan fingerprint density at radius 1 is 1.16 bits per heavy atom. The first-order valence-electron chi connectivity index (χ1n) is 9.21. The fourth-order valence-electron chi connectivity index (χ4n) is 2.85. The van der Waals surface area contributed by atoms with Crippen LogP contribution in [0.25, 0.3) is 0 Å². The lowest BCUT2D eigenvalue weighted by Crippen LogP contribution is -2.45. The normalized spacial score (nSPS) is 20.8. The maximum Gasteiger partial charge on any atom is 0.191 e. The molecule has 25 heavy (non-hydrogen) atoms. The SMILES string of the molecule is CCNC(=NCCCOc1ccc(OC)cc1)NC1CCC(O)CC1. The summed E-state index contributed by atoms with van der Waals surface area (Å²) in [6.45, 7) is 4.24. The number of methoxy groups -OCH3 is 1. The lowest BCUT2D eigenvalue weighted by atomic mass is 9.93. The van der Waals surface area contributed by atoms with Crippen molar-refractivity contribution in [1.82, 2.24) is 10.6 Å². The number of hydrogen-bond donors (Lipinski definition) is 3. The molecule has 0 aliphatic heterocycles. The number of hydrogen-bond acceptors (Lipinski definition) is 4. The Balaban J connectivity index is 1.69. The van der Waals surface area contributed by atoms with E-state index >= 15 is 0 Å². The minimum atomic E-state index is -0.132. The van der Waals surface area contributed by atoms with Crippen LogP contribution < -0.4 is 20.1 Å². The van der Waals surface area contributed by atoms with Gasteiger partial charge in [-0.2, -0.15) is 0 Å². The molecule has 0 amide bonds. The van der Waals surface area contributed by atoms with Gasteiger partial charge in [-0.3, -0.25) is 4.99 Å². The molecule has 1 aliphatic rings. The summed E-state index contributed by atoms with van der Waals surface area (Å²) in [7, 11) is 1.65. The quantitative estimate of drug-likeness (QED) is 0.381. The van der Waals surface area contributed by atoms with Crippen LogP contribution in [0.15, 0.2) is 29.3 Å². The molecule has 1 aromatic carbocycles. The van der Waals surface area contributed by atoms with Gasteiger partial charge in [0.2, 0.25) is 0 Å². The van der Waals surface area contributed by atoms with Gasteiger partial charge < -0.3 is 25.2 Å². The van der Waals surface area contributed by atoms with Gasteiger partial charge in [0.1, 0.15) is 11.5 Å². The van der Waals surface area contributed by atoms with Crippen LogP contribution in [0, 0.1) is 0 Å². The molecule has 3 N–H and O–H groups in total. The van der Waals surface area contributed by atoms with Crippen molar-refractivity contribution in [2.24, 2.45) is 4.99 Å². The molecule has 140 valence electrons. The van der Waals surface area contributed by atoms with Crippen LogP contribution in [0.3, 0.4) is 0 Å². The molecule has 0 unspecified atom stereocenters. The number of aliphatic imine (C=N–C) groups is 1. The average molecular weight is 349 g/mol. The molecule has 1 saturated carbocycles. The number of benzene rings is 1. The van der Waals surface area contributed by atoms with E-state index in [0.29, 0.717) is 19.2 Å². The predicted octanol–water partition coefficient (Wildman–Crippen LogP) is 2.32. The van der Waals surface area contributed by atoms with Crippen molar-refractivity contribution in [3.05, 3.63) is 24.3 Å². The summed E-state index contributed by atoms with van der Waals surface area (Å²) < 4.78 is 10.8. The van der Waals surface area contributed by atoms with Crippen LogP contribution in [-0.2, 0) is 0 Å². The Morgan fingerprint density at radius 3 is 2.48 bits per heavy atom. The van der Waals surface area contributed by atoms with Gasteiger partial charge in [0.25, 0.3) is 0 Å². The summed E-state index contributed by atoms with van der Waals surface area (Å²) in [5.74, 6) is 2.53. The van der Waals surface area contributed by atoms with E-state index in [9.17, 15) is 5.11 Å². The Labute approximate surface area is 150 Å². The lowest BCUT2D eigenvalue weighted by Gasteiger charge is -2.27. The fraction of sp³-hybridized carbons (Fsp3) is 0.632. The van der Waals surface area contributed by atoms with Gasteiger partial charge in [-0.15, -0.1) is 0 Å². The topological polar surface area (TPSA) is 75.1 Å². The minimum absolute atomic E-state index is 0.132. The molecule has 0 atom stereocenters. The van der Waals surface area contributed by atoms with Gasteiger partial charge in [0.05, 0.1) is 19.8 Å². The summed E-state index contributed by atoms with van der Waals surface area (Å²) in [6, 6.07) is 8.00. The van der Waals surface area contributed by atoms with Crippen molar-refractivity contribution in [3.63, 3.8) is 0 Å². The molecule has 1 aromatic rings. The smallest absolute Gasteiger partial charge is 0.191 e. The molecule has 0 spiro atoms. The second-order valence-electron chi connectivity index (χ2n) is 6.29. The molecule has 2 rings (SSSR count). The molecule has 0 aromatic heterocycles. The number of nitrogens with zero attached hydrogens (tertiary/aromatic N) is 1. The Bertz CT molecular complexity index is 511. The van der Waals surface area contributed by atoms with Crippen LogP contribution in [0.4, 0.5) is 0 Å². The number of rotatable bonds is 8. The molecule has 6 heteroatoms. The van der Waals surface area contributed by atoms with E-state index in [4.69, 9.17) is 9.47 Å². The van der Waals surface area contributed by atoms with E-state index in [2.05, 4.69) is 22.5 Å². The molecular formula is C19H31N3O3. The van der Waals surface area contributed by atoms with Crippen molar-refractivity contribution in [2.45, 2.75) is 51.2 Å². The molecule has 1 fully saturated rings. The monoisotopic (exact) mass is 349 g/mol. The first kappa shape index (κ1) is 19.4. The van der Waals surface area contributed by atoms with Crippen LogP contribution in [-0.4, -0.2) is 50.0 Å². The van der Waals surface area contributed by atoms with E-state index in [1.54, 1.807) is 7.11 Å². The summed E-state index contributed by atoms with van der Waals surface area (Å²) in [4.78, 5) is 4.62. The molecule has 0 saturated heterocycles. The summed E-state index contributed by atoms with van der Waals surface area (Å²) in [5, 5.41) is 16.3. The highest BCUT2D eigenvalue weighted by molar-refractivity contribution is 5.80. The van der Waals surface area contributed by atoms with Crippen molar-refractivity contribution >= 4 is 5.96 Å². The van der Waals surface area contributed by atoms with Gasteiger partial charge in [-0.25, -0.2) is 0 Å². The molecule has 0 heterocycles. The third kappa shape index (κ3) is 7.22. The fourth-order valence-corrected chi connectivity index (χ4v) is 2.85. The van der Waals surface area contributed by atoms with E-state index in [1.807, 2.05) is 24.3 Å². The second-order valence-corrected chi connectivity index (χ2v) is 6.29. The summed E-state index contributed by atoms with van der Waals surface area (Å²) in [6.07, 6.45) is 4.44. The first-order chi connectivity index (χ1) is 12.2. The maximum absolute atomic E-state index is 9.59. The van der Waals surface area contributed by atoms with Crippen LogP contribution >= 0.6 is 0 Å². The number of aliphatic hydroxyl groups excluding tert-OH is 1. The van der Waals surface area contributed by atoms with E-state index < -0.39 is 0 Å². The standard InChI is InChI=1S/C19H31N3O3/c1-3-20-19(22-15-5-7-16(23)8-6-15)21-13-4-14-25-18-11-9-17(24-2)10-12-18/h9-12,15-16,23H,3-8,13-14H2,1-2H3,(H2,20,21,22). The summed E-state index contributed by atoms with van der Waals surface area (Å²) >= 11 is 0. The highest BCUT2D eigenvalue weighted by Gasteiger charge is 2.19. The lowest BCUT2D eigenvalue weighted by molar-refractivity contribution is 0.120.